The van der Waals surface area contributed by atoms with Gasteiger partial charge in [-0.25, -0.2) is 0 Å². The van der Waals surface area contributed by atoms with Gasteiger partial charge in [-0.2, -0.15) is 0 Å². The Balaban J connectivity index is 2.13. The Labute approximate surface area is 119 Å². The van der Waals surface area contributed by atoms with Gasteiger partial charge in [0.1, 0.15) is 5.60 Å². The summed E-state index contributed by atoms with van der Waals surface area (Å²) in [4.78, 5) is 0. The molecule has 1 nitrogen and oxygen atoms in total. The van der Waals surface area contributed by atoms with Crippen LogP contribution in [0.15, 0.2) is 66.7 Å². The monoisotopic (exact) mass is 262 g/mol. The summed E-state index contributed by atoms with van der Waals surface area (Å²) in [7, 11) is 0. The minimum absolute atomic E-state index is 0.918. The lowest BCUT2D eigenvalue weighted by Crippen LogP contribution is -2.22. The van der Waals surface area contributed by atoms with Crippen LogP contribution in [0.3, 0.4) is 0 Å². The molecule has 0 aliphatic carbocycles. The van der Waals surface area contributed by atoms with Crippen LogP contribution in [0.1, 0.15) is 23.6 Å². The topological polar surface area (TPSA) is 20.2 Å². The van der Waals surface area contributed by atoms with E-state index in [1.54, 1.807) is 0 Å². The lowest BCUT2D eigenvalue weighted by molar-refractivity contribution is 0.102. The van der Waals surface area contributed by atoms with Gasteiger partial charge in [0, 0.05) is 0 Å². The molecule has 0 spiro atoms. The standard InChI is InChI=1S/C19H18O/c1-14-6-5-9-17(12-14)19(2,20)18-11-10-15-7-3-4-8-16(15)13-18/h3-13,20H,1-2H3. The molecule has 0 aromatic heterocycles. The van der Waals surface area contributed by atoms with Crippen LogP contribution in [-0.2, 0) is 5.60 Å². The van der Waals surface area contributed by atoms with Crippen LogP contribution < -0.4 is 0 Å². The number of rotatable bonds is 2. The normalized spacial score (nSPS) is 14.2. The fourth-order valence-electron chi connectivity index (χ4n) is 2.61. The zero-order chi connectivity index (χ0) is 14.2. The van der Waals surface area contributed by atoms with Gasteiger partial charge >= 0.3 is 0 Å². The Hall–Kier alpha value is -2.12. The van der Waals surface area contributed by atoms with Gasteiger partial charge in [0.2, 0.25) is 0 Å². The Morgan fingerprint density at radius 2 is 1.45 bits per heavy atom. The van der Waals surface area contributed by atoms with Crippen LogP contribution in [-0.4, -0.2) is 5.11 Å². The molecule has 1 unspecified atom stereocenters. The summed E-state index contributed by atoms with van der Waals surface area (Å²) in [6, 6.07) is 22.4. The molecule has 3 rings (SSSR count). The van der Waals surface area contributed by atoms with Crippen molar-refractivity contribution < 1.29 is 5.11 Å². The first-order chi connectivity index (χ1) is 9.57. The molecule has 0 heterocycles. The van der Waals surface area contributed by atoms with Crippen LogP contribution in [0.2, 0.25) is 0 Å². The van der Waals surface area contributed by atoms with Gasteiger partial charge in [0.05, 0.1) is 0 Å². The molecule has 0 radical (unpaired) electrons. The van der Waals surface area contributed by atoms with E-state index >= 15 is 0 Å². The third kappa shape index (κ3) is 2.21. The summed E-state index contributed by atoms with van der Waals surface area (Å²) in [5.74, 6) is 0. The average molecular weight is 262 g/mol. The fourth-order valence-corrected chi connectivity index (χ4v) is 2.61. The van der Waals surface area contributed by atoms with E-state index in [9.17, 15) is 5.11 Å². The highest BCUT2D eigenvalue weighted by Gasteiger charge is 2.25. The van der Waals surface area contributed by atoms with Crippen molar-refractivity contribution in [2.24, 2.45) is 0 Å². The van der Waals surface area contributed by atoms with E-state index in [0.29, 0.717) is 0 Å². The van der Waals surface area contributed by atoms with Gasteiger partial charge in [0.25, 0.3) is 0 Å². The summed E-state index contributed by atoms with van der Waals surface area (Å²) < 4.78 is 0. The van der Waals surface area contributed by atoms with Crippen LogP contribution in [0.4, 0.5) is 0 Å². The van der Waals surface area contributed by atoms with E-state index in [0.717, 1.165) is 22.1 Å². The lowest BCUT2D eigenvalue weighted by Gasteiger charge is -2.25. The van der Waals surface area contributed by atoms with Crippen molar-refractivity contribution >= 4 is 10.8 Å². The fraction of sp³-hybridized carbons (Fsp3) is 0.158. The second-order valence-corrected chi connectivity index (χ2v) is 5.50. The predicted octanol–water partition coefficient (Wildman–Crippen LogP) is 4.40. The van der Waals surface area contributed by atoms with Gasteiger partial charge in [-0.15, -0.1) is 0 Å². The maximum Gasteiger partial charge on any atom is 0.112 e. The van der Waals surface area contributed by atoms with Gasteiger partial charge in [-0.1, -0.05) is 66.2 Å². The lowest BCUT2D eigenvalue weighted by atomic mass is 9.86. The Morgan fingerprint density at radius 1 is 0.750 bits per heavy atom. The maximum atomic E-state index is 10.9. The second-order valence-electron chi connectivity index (χ2n) is 5.50. The molecular weight excluding hydrogens is 244 g/mol. The number of aryl methyl sites for hydroxylation is 1. The highest BCUT2D eigenvalue weighted by molar-refractivity contribution is 5.83. The van der Waals surface area contributed by atoms with E-state index in [1.165, 1.54) is 5.39 Å². The summed E-state index contributed by atoms with van der Waals surface area (Å²) in [6.07, 6.45) is 0. The van der Waals surface area contributed by atoms with Crippen LogP contribution >= 0.6 is 0 Å². The number of fused-ring (bicyclic) bond motifs is 1. The first-order valence-corrected chi connectivity index (χ1v) is 6.86. The Bertz CT molecular complexity index is 756. The SMILES string of the molecule is Cc1cccc(C(C)(O)c2ccc3ccccc3c2)c1. The zero-order valence-corrected chi connectivity index (χ0v) is 11.8. The van der Waals surface area contributed by atoms with Crippen molar-refractivity contribution in [2.75, 3.05) is 0 Å². The molecule has 0 bridgehead atoms. The number of hydrogen-bond donors (Lipinski definition) is 1. The first-order valence-electron chi connectivity index (χ1n) is 6.86. The molecule has 1 N–H and O–H groups in total. The summed E-state index contributed by atoms with van der Waals surface area (Å²) >= 11 is 0. The van der Waals surface area contributed by atoms with Gasteiger partial charge < -0.3 is 5.11 Å². The molecule has 0 aliphatic heterocycles. The molecule has 20 heavy (non-hydrogen) atoms. The second kappa shape index (κ2) is 4.77. The van der Waals surface area contributed by atoms with Gasteiger partial charge in [0.15, 0.2) is 0 Å². The average Bonchev–Trinajstić information content (AvgIpc) is 2.46. The third-order valence-electron chi connectivity index (χ3n) is 3.89. The minimum Gasteiger partial charge on any atom is -0.381 e. The van der Waals surface area contributed by atoms with Crippen LogP contribution in [0.25, 0.3) is 10.8 Å². The molecule has 0 saturated carbocycles. The van der Waals surface area contributed by atoms with Crippen molar-refractivity contribution in [2.45, 2.75) is 19.4 Å². The molecule has 0 aliphatic rings. The molecular formula is C19H18O. The van der Waals surface area contributed by atoms with E-state index in [1.807, 2.05) is 56.3 Å². The van der Waals surface area contributed by atoms with Crippen molar-refractivity contribution in [1.82, 2.24) is 0 Å². The highest BCUT2D eigenvalue weighted by Crippen LogP contribution is 2.31. The van der Waals surface area contributed by atoms with Crippen LogP contribution in [0.5, 0.6) is 0 Å². The molecule has 0 fully saturated rings. The summed E-state index contributed by atoms with van der Waals surface area (Å²) in [6.45, 7) is 3.89. The van der Waals surface area contributed by atoms with Gasteiger partial charge in [-0.05, 0) is 41.8 Å². The van der Waals surface area contributed by atoms with E-state index < -0.39 is 5.60 Å². The van der Waals surface area contributed by atoms with Crippen molar-refractivity contribution in [1.29, 1.82) is 0 Å². The summed E-state index contributed by atoms with van der Waals surface area (Å²) in [5.41, 5.74) is 2.02. The highest BCUT2D eigenvalue weighted by atomic mass is 16.3. The van der Waals surface area contributed by atoms with Crippen LogP contribution in [0, 0.1) is 6.92 Å². The molecule has 1 heteroatoms. The molecule has 3 aromatic carbocycles. The maximum absolute atomic E-state index is 10.9. The van der Waals surface area contributed by atoms with Crippen molar-refractivity contribution in [3.8, 4) is 0 Å². The smallest absolute Gasteiger partial charge is 0.112 e. The van der Waals surface area contributed by atoms with Gasteiger partial charge in [-0.3, -0.25) is 0 Å². The Kier molecular flexibility index (Phi) is 3.07. The third-order valence-corrected chi connectivity index (χ3v) is 3.89. The molecule has 3 aromatic rings. The summed E-state index contributed by atoms with van der Waals surface area (Å²) in [5, 5.41) is 13.3. The largest absolute Gasteiger partial charge is 0.381 e. The molecule has 1 atom stereocenters. The van der Waals surface area contributed by atoms with E-state index in [-0.39, 0.29) is 0 Å². The predicted molar refractivity (Wildman–Crippen MR) is 83.8 cm³/mol. The van der Waals surface area contributed by atoms with E-state index in [2.05, 4.69) is 24.3 Å². The first kappa shape index (κ1) is 12.9. The van der Waals surface area contributed by atoms with Crippen molar-refractivity contribution in [3.05, 3.63) is 83.4 Å². The molecule has 0 saturated heterocycles. The molecule has 0 amide bonds. The number of aliphatic hydroxyl groups is 1. The minimum atomic E-state index is -0.976. The van der Waals surface area contributed by atoms with E-state index in [4.69, 9.17) is 0 Å². The Morgan fingerprint density at radius 3 is 2.20 bits per heavy atom. The molecule has 100 valence electrons. The number of hydrogen-bond acceptors (Lipinski definition) is 1. The number of benzene rings is 3. The quantitative estimate of drug-likeness (QED) is 0.725. The zero-order valence-electron chi connectivity index (χ0n) is 11.8. The van der Waals surface area contributed by atoms with Crippen molar-refractivity contribution in [3.63, 3.8) is 0 Å².